The third kappa shape index (κ3) is 54.4. The van der Waals surface area contributed by atoms with Crippen LogP contribution in [0.3, 0.4) is 0 Å². The number of rotatable bonds is 48. The molecule has 0 heterocycles. The smallest absolute Gasteiger partial charge is 0.306 e. The summed E-state index contributed by atoms with van der Waals surface area (Å²) in [5.74, 6) is -0.993. The summed E-state index contributed by atoms with van der Waals surface area (Å²) in [6, 6.07) is 0. The molecule has 0 spiro atoms. The van der Waals surface area contributed by atoms with E-state index in [9.17, 15) is 14.4 Å². The van der Waals surface area contributed by atoms with Gasteiger partial charge in [-0.05, 0) is 116 Å². The number of carbonyl (C=O) groups is 3. The van der Waals surface area contributed by atoms with E-state index in [1.54, 1.807) is 0 Å². The van der Waals surface area contributed by atoms with Crippen LogP contribution in [0, 0.1) is 0 Å². The van der Waals surface area contributed by atoms with Gasteiger partial charge in [0.1, 0.15) is 13.2 Å². The van der Waals surface area contributed by atoms with Crippen molar-refractivity contribution < 1.29 is 28.6 Å². The first kappa shape index (κ1) is 64.5. The van der Waals surface area contributed by atoms with Gasteiger partial charge in [0.25, 0.3) is 0 Å². The first-order valence-electron chi connectivity index (χ1n) is 27.7. The molecule has 0 aromatic carbocycles. The van der Waals surface area contributed by atoms with Gasteiger partial charge in [0.2, 0.25) is 0 Å². The third-order valence-corrected chi connectivity index (χ3v) is 11.2. The van der Waals surface area contributed by atoms with Crippen molar-refractivity contribution in [1.29, 1.82) is 0 Å². The quantitative estimate of drug-likeness (QED) is 0.0262. The summed E-state index contributed by atoms with van der Waals surface area (Å²) in [7, 11) is 0. The Morgan fingerprint density at radius 3 is 0.913 bits per heavy atom. The van der Waals surface area contributed by atoms with Gasteiger partial charge in [0.15, 0.2) is 6.10 Å². The lowest BCUT2D eigenvalue weighted by Gasteiger charge is -2.18. The lowest BCUT2D eigenvalue weighted by atomic mass is 10.1. The first-order chi connectivity index (χ1) is 34.0. The molecule has 0 radical (unpaired) electrons. The van der Waals surface area contributed by atoms with Gasteiger partial charge in [0.05, 0.1) is 0 Å². The lowest BCUT2D eigenvalue weighted by Crippen LogP contribution is -2.30. The summed E-state index contributed by atoms with van der Waals surface area (Å²) in [5.41, 5.74) is 0. The summed E-state index contributed by atoms with van der Waals surface area (Å²) in [4.78, 5) is 38.1. The minimum atomic E-state index is -0.817. The van der Waals surface area contributed by atoms with Crippen LogP contribution in [-0.2, 0) is 28.6 Å². The molecule has 0 bridgehead atoms. The van der Waals surface area contributed by atoms with Gasteiger partial charge >= 0.3 is 17.9 Å². The Bertz CT molecular complexity index is 1510. The van der Waals surface area contributed by atoms with Crippen molar-refractivity contribution in [3.63, 3.8) is 0 Å². The Balaban J connectivity index is 4.52. The maximum atomic E-state index is 12.8. The van der Waals surface area contributed by atoms with Gasteiger partial charge in [-0.2, -0.15) is 0 Å². The molecule has 388 valence electrons. The van der Waals surface area contributed by atoms with Gasteiger partial charge in [-0.25, -0.2) is 0 Å². The molecule has 0 aliphatic rings. The number of hydrogen-bond acceptors (Lipinski definition) is 6. The van der Waals surface area contributed by atoms with Crippen molar-refractivity contribution in [3.05, 3.63) is 134 Å². The highest BCUT2D eigenvalue weighted by molar-refractivity contribution is 5.71. The van der Waals surface area contributed by atoms with Crippen LogP contribution < -0.4 is 0 Å². The minimum absolute atomic E-state index is 0.108. The predicted molar refractivity (Wildman–Crippen MR) is 297 cm³/mol. The van der Waals surface area contributed by atoms with Crippen LogP contribution in [0.15, 0.2) is 134 Å². The molecule has 0 fully saturated rings. The van der Waals surface area contributed by atoms with Crippen LogP contribution in [-0.4, -0.2) is 37.2 Å². The van der Waals surface area contributed by atoms with Crippen molar-refractivity contribution in [2.75, 3.05) is 13.2 Å². The highest BCUT2D eigenvalue weighted by Gasteiger charge is 2.19. The number of carbonyl (C=O) groups excluding carboxylic acids is 3. The predicted octanol–water partition coefficient (Wildman–Crippen LogP) is 18.6. The van der Waals surface area contributed by atoms with E-state index >= 15 is 0 Å². The fraction of sp³-hybridized carbons (Fsp3) is 0.603. The Morgan fingerprint density at radius 1 is 0.304 bits per heavy atom. The molecule has 1 atom stereocenters. The van der Waals surface area contributed by atoms with E-state index in [4.69, 9.17) is 14.2 Å². The van der Waals surface area contributed by atoms with Crippen LogP contribution in [0.1, 0.15) is 226 Å². The van der Waals surface area contributed by atoms with E-state index in [2.05, 4.69) is 154 Å². The number of esters is 3. The van der Waals surface area contributed by atoms with E-state index < -0.39 is 6.10 Å². The van der Waals surface area contributed by atoms with Crippen molar-refractivity contribution >= 4 is 17.9 Å². The monoisotopic (exact) mass is 953 g/mol. The molecule has 0 saturated heterocycles. The van der Waals surface area contributed by atoms with Crippen molar-refractivity contribution in [3.8, 4) is 0 Å². The van der Waals surface area contributed by atoms with Crippen molar-refractivity contribution in [2.45, 2.75) is 232 Å². The summed E-state index contributed by atoms with van der Waals surface area (Å²) < 4.78 is 16.8. The van der Waals surface area contributed by atoms with Gasteiger partial charge in [-0.3, -0.25) is 14.4 Å². The Morgan fingerprint density at radius 2 is 0.565 bits per heavy atom. The Hall–Kier alpha value is -4.45. The average molecular weight is 953 g/mol. The highest BCUT2D eigenvalue weighted by atomic mass is 16.6. The second kappa shape index (κ2) is 56.1. The topological polar surface area (TPSA) is 78.9 Å². The van der Waals surface area contributed by atoms with E-state index in [0.717, 1.165) is 122 Å². The summed E-state index contributed by atoms with van der Waals surface area (Å²) in [6.07, 6.45) is 78.7. The van der Waals surface area contributed by atoms with E-state index in [1.165, 1.54) is 51.4 Å². The molecule has 0 rings (SSSR count). The molecular formula is C63H100O6. The van der Waals surface area contributed by atoms with Crippen LogP contribution in [0.25, 0.3) is 0 Å². The molecule has 6 heteroatoms. The maximum absolute atomic E-state index is 12.8. The molecular weight excluding hydrogens is 853 g/mol. The molecule has 0 saturated carbocycles. The number of hydrogen-bond donors (Lipinski definition) is 0. The number of allylic oxidation sites excluding steroid dienone is 22. The normalized spacial score (nSPS) is 13.1. The average Bonchev–Trinajstić information content (AvgIpc) is 3.35. The summed E-state index contributed by atoms with van der Waals surface area (Å²) >= 11 is 0. The molecule has 1 unspecified atom stereocenters. The zero-order valence-corrected chi connectivity index (χ0v) is 44.3. The van der Waals surface area contributed by atoms with Crippen LogP contribution in [0.4, 0.5) is 0 Å². The van der Waals surface area contributed by atoms with E-state index in [1.807, 2.05) is 0 Å². The fourth-order valence-electron chi connectivity index (χ4n) is 7.06. The highest BCUT2D eigenvalue weighted by Crippen LogP contribution is 2.13. The van der Waals surface area contributed by atoms with Gasteiger partial charge in [-0.1, -0.05) is 225 Å². The van der Waals surface area contributed by atoms with Crippen LogP contribution in [0.5, 0.6) is 0 Å². The van der Waals surface area contributed by atoms with Crippen LogP contribution in [0.2, 0.25) is 0 Å². The maximum Gasteiger partial charge on any atom is 0.306 e. The third-order valence-electron chi connectivity index (χ3n) is 11.2. The summed E-state index contributed by atoms with van der Waals surface area (Å²) in [5, 5.41) is 0. The lowest BCUT2D eigenvalue weighted by molar-refractivity contribution is -0.167. The van der Waals surface area contributed by atoms with Crippen molar-refractivity contribution in [2.24, 2.45) is 0 Å². The molecule has 0 aromatic rings. The number of ether oxygens (including phenoxy) is 3. The van der Waals surface area contributed by atoms with Gasteiger partial charge < -0.3 is 14.2 Å². The molecule has 0 aliphatic heterocycles. The first-order valence-corrected chi connectivity index (χ1v) is 27.7. The molecule has 69 heavy (non-hydrogen) atoms. The zero-order chi connectivity index (χ0) is 50.0. The molecule has 0 aliphatic carbocycles. The largest absolute Gasteiger partial charge is 0.462 e. The second-order valence-corrected chi connectivity index (χ2v) is 17.7. The second-order valence-electron chi connectivity index (χ2n) is 17.7. The Kier molecular flexibility index (Phi) is 52.5. The molecule has 0 amide bonds. The van der Waals surface area contributed by atoms with Gasteiger partial charge in [-0.15, -0.1) is 0 Å². The molecule has 6 nitrogen and oxygen atoms in total. The zero-order valence-electron chi connectivity index (χ0n) is 44.3. The van der Waals surface area contributed by atoms with Crippen LogP contribution >= 0.6 is 0 Å². The summed E-state index contributed by atoms with van der Waals surface area (Å²) in [6.45, 7) is 6.33. The van der Waals surface area contributed by atoms with Crippen molar-refractivity contribution in [1.82, 2.24) is 0 Å². The van der Waals surface area contributed by atoms with E-state index in [0.29, 0.717) is 25.7 Å². The number of unbranched alkanes of at least 4 members (excludes halogenated alkanes) is 15. The van der Waals surface area contributed by atoms with Gasteiger partial charge in [0, 0.05) is 19.3 Å². The standard InChI is InChI=1S/C63H100O6/c1-4-7-10-13-16-19-22-24-26-28-30-31-33-34-36-38-41-44-47-50-53-56-62(65)68-59-60(58-67-61(64)55-52-49-46-43-40-21-18-15-12-9-6-3)69-63(66)57-54-51-48-45-42-39-37-35-32-29-27-25-23-20-17-14-11-8-5-2/h7-8,10-11,16-17,19-20,24-27,30-32,34-36,39,41-42,44,60H,4-6,9,12-15,18,21-23,28-29,33,37-38,40,43,45-59H2,1-3H3/b10-7-,11-8-,19-16-,20-17-,26-24-,27-25-,31-30-,35-32-,36-34-,42-39-,44-41-. The molecule has 0 N–H and O–H groups in total. The fourth-order valence-corrected chi connectivity index (χ4v) is 7.06. The molecule has 0 aromatic heterocycles. The van der Waals surface area contributed by atoms with E-state index in [-0.39, 0.29) is 37.5 Å². The SMILES string of the molecule is CC/C=C\C/C=C\C/C=C\C/C=C\C/C=C\C/C=C\CCCCC(=O)OCC(COC(=O)CCCCCCCCCCCCC)OC(=O)CCCCC/C=C\C/C=C\C/C=C\C/C=C\C/C=C\CC. The Labute approximate surface area is 424 Å². The minimum Gasteiger partial charge on any atom is -0.462 e.